The zero-order valence-corrected chi connectivity index (χ0v) is 19.5. The monoisotopic (exact) mass is 465 g/mol. The van der Waals surface area contributed by atoms with Crippen LogP contribution in [0.5, 0.6) is 5.75 Å². The quantitative estimate of drug-likeness (QED) is 0.248. The first-order valence-electron chi connectivity index (χ1n) is 10.5. The molecule has 0 saturated carbocycles. The molecule has 0 spiro atoms. The summed E-state index contributed by atoms with van der Waals surface area (Å²) in [5, 5.41) is 8.50. The summed E-state index contributed by atoms with van der Waals surface area (Å²) in [7, 11) is 1.63. The maximum atomic E-state index is 13.2. The molecule has 0 aliphatic carbocycles. The molecule has 0 atom stereocenters. The number of ketones is 1. The molecule has 0 N–H and O–H groups in total. The van der Waals surface area contributed by atoms with Crippen LogP contribution in [0.15, 0.2) is 64.2 Å². The van der Waals surface area contributed by atoms with E-state index in [1.807, 2.05) is 44.2 Å². The number of Topliss-reactive ketones (excluding diaryl/α,β-unsaturated/α-hetero) is 1. The summed E-state index contributed by atoms with van der Waals surface area (Å²) in [5.74, 6) is 1.21. The highest BCUT2D eigenvalue weighted by atomic mass is 32.2. The highest BCUT2D eigenvalue weighted by Crippen LogP contribution is 2.23. The molecule has 4 aromatic rings. The molecule has 4 rings (SSSR count). The zero-order valence-electron chi connectivity index (χ0n) is 18.7. The summed E-state index contributed by atoms with van der Waals surface area (Å²) in [6.07, 6.45) is 0.510. The van der Waals surface area contributed by atoms with Gasteiger partial charge < -0.3 is 13.7 Å². The highest BCUT2D eigenvalue weighted by molar-refractivity contribution is 7.99. The van der Waals surface area contributed by atoms with Gasteiger partial charge in [-0.1, -0.05) is 36.0 Å². The molecule has 0 aliphatic rings. The summed E-state index contributed by atoms with van der Waals surface area (Å²) in [5.41, 5.74) is 4.53. The van der Waals surface area contributed by atoms with Gasteiger partial charge in [0.2, 0.25) is 5.89 Å². The molecule has 2 heterocycles. The van der Waals surface area contributed by atoms with Crippen LogP contribution < -0.4 is 4.74 Å². The molecule has 0 unspecified atom stereocenters. The van der Waals surface area contributed by atoms with Crippen molar-refractivity contribution < 1.29 is 18.3 Å². The number of hydrogen-bond donors (Lipinski definition) is 0. The van der Waals surface area contributed by atoms with Crippen molar-refractivity contribution in [3.8, 4) is 5.75 Å². The Morgan fingerprint density at radius 3 is 2.45 bits per heavy atom. The highest BCUT2D eigenvalue weighted by Gasteiger charge is 2.18. The Kier molecular flexibility index (Phi) is 6.93. The Morgan fingerprint density at radius 1 is 1.06 bits per heavy atom. The van der Waals surface area contributed by atoms with Gasteiger partial charge in [0.05, 0.1) is 19.3 Å². The van der Waals surface area contributed by atoms with E-state index in [1.54, 1.807) is 19.2 Å². The number of carbonyl (C=O) groups is 1. The molecule has 8 heteroatoms. The second-order valence-corrected chi connectivity index (χ2v) is 8.62. The Morgan fingerprint density at radius 2 is 1.76 bits per heavy atom. The predicted octanol–water partition coefficient (Wildman–Crippen LogP) is 5.25. The van der Waals surface area contributed by atoms with Crippen LogP contribution in [0.3, 0.4) is 0 Å². The smallest absolute Gasteiger partial charge is 0.277 e. The van der Waals surface area contributed by atoms with Gasteiger partial charge in [0.1, 0.15) is 11.6 Å². The summed E-state index contributed by atoms with van der Waals surface area (Å²) in [4.78, 5) is 12.9. The first-order chi connectivity index (χ1) is 15.9. The fraction of sp³-hybridized carbons (Fsp3) is 0.240. The summed E-state index contributed by atoms with van der Waals surface area (Å²) >= 11 is 1.23. The number of rotatable bonds is 9. The topological polar surface area (TPSA) is 70.2 Å². The lowest BCUT2D eigenvalue weighted by molar-refractivity contribution is 0.102. The first-order valence-corrected chi connectivity index (χ1v) is 11.4. The van der Waals surface area contributed by atoms with Crippen LogP contribution in [-0.2, 0) is 13.0 Å². The summed E-state index contributed by atoms with van der Waals surface area (Å²) in [6, 6.07) is 15.9. The number of nitrogens with zero attached hydrogens (tertiary/aromatic N) is 3. The molecule has 0 saturated heterocycles. The minimum absolute atomic E-state index is 0.00615. The van der Waals surface area contributed by atoms with Crippen molar-refractivity contribution in [2.75, 3.05) is 12.9 Å². The maximum absolute atomic E-state index is 13.2. The SMILES string of the molecule is COc1ccc(Cc2nnc(SCC(=O)c3cc(C)n(Cc4ccc(F)cc4)c3C)o2)cc1. The standard InChI is InChI=1S/C25H24FN3O3S/c1-16-12-22(17(2)29(16)14-19-4-8-20(26)9-5-19)23(30)15-33-25-28-27-24(32-25)13-18-6-10-21(31-3)11-7-18/h4-12H,13-15H2,1-3H3. The molecule has 33 heavy (non-hydrogen) atoms. The third kappa shape index (κ3) is 5.51. The molecule has 0 radical (unpaired) electrons. The van der Waals surface area contributed by atoms with E-state index in [0.29, 0.717) is 29.6 Å². The number of aryl methyl sites for hydroxylation is 1. The van der Waals surface area contributed by atoms with Gasteiger partial charge in [0.25, 0.3) is 5.22 Å². The van der Waals surface area contributed by atoms with Crippen LogP contribution >= 0.6 is 11.8 Å². The number of aromatic nitrogens is 3. The number of carbonyl (C=O) groups excluding carboxylic acids is 1. The van der Waals surface area contributed by atoms with E-state index in [4.69, 9.17) is 9.15 Å². The minimum Gasteiger partial charge on any atom is -0.497 e. The normalized spacial score (nSPS) is 11.0. The van der Waals surface area contributed by atoms with Crippen LogP contribution in [0.2, 0.25) is 0 Å². The van der Waals surface area contributed by atoms with E-state index in [9.17, 15) is 9.18 Å². The largest absolute Gasteiger partial charge is 0.497 e. The van der Waals surface area contributed by atoms with Gasteiger partial charge >= 0.3 is 0 Å². The van der Waals surface area contributed by atoms with Crippen molar-refractivity contribution in [1.29, 1.82) is 0 Å². The average molecular weight is 466 g/mol. The number of halogens is 1. The zero-order chi connectivity index (χ0) is 23.4. The van der Waals surface area contributed by atoms with Crippen LogP contribution in [-0.4, -0.2) is 33.4 Å². The maximum Gasteiger partial charge on any atom is 0.277 e. The van der Waals surface area contributed by atoms with Crippen LogP contribution in [0.25, 0.3) is 0 Å². The van der Waals surface area contributed by atoms with E-state index in [1.165, 1.54) is 23.9 Å². The second kappa shape index (κ2) is 10.0. The molecular weight excluding hydrogens is 441 g/mol. The Hall–Kier alpha value is -3.39. The number of methoxy groups -OCH3 is 1. The number of thioether (sulfide) groups is 1. The summed E-state index contributed by atoms with van der Waals surface area (Å²) in [6.45, 7) is 4.47. The van der Waals surface area contributed by atoms with Crippen LogP contribution in [0.4, 0.5) is 4.39 Å². The number of hydrogen-bond acceptors (Lipinski definition) is 6. The Bertz CT molecular complexity index is 1250. The average Bonchev–Trinajstić information content (AvgIpc) is 3.38. The van der Waals surface area contributed by atoms with Gasteiger partial charge in [0.15, 0.2) is 5.78 Å². The molecule has 170 valence electrons. The lowest BCUT2D eigenvalue weighted by Gasteiger charge is -2.10. The molecule has 0 aliphatic heterocycles. The fourth-order valence-electron chi connectivity index (χ4n) is 3.59. The van der Waals surface area contributed by atoms with Gasteiger partial charge in [-0.2, -0.15) is 0 Å². The van der Waals surface area contributed by atoms with Gasteiger partial charge in [-0.05, 0) is 55.3 Å². The molecule has 0 amide bonds. The molecular formula is C25H24FN3O3S. The third-order valence-electron chi connectivity index (χ3n) is 5.42. The molecule has 0 bridgehead atoms. The predicted molar refractivity (Wildman–Crippen MR) is 125 cm³/mol. The molecule has 6 nitrogen and oxygen atoms in total. The molecule has 2 aromatic heterocycles. The van der Waals surface area contributed by atoms with Crippen molar-refractivity contribution in [1.82, 2.24) is 14.8 Å². The number of ether oxygens (including phenoxy) is 1. The van der Waals surface area contributed by atoms with E-state index in [-0.39, 0.29) is 17.4 Å². The number of benzene rings is 2. The van der Waals surface area contributed by atoms with Crippen molar-refractivity contribution in [2.24, 2.45) is 0 Å². The van der Waals surface area contributed by atoms with Crippen molar-refractivity contribution in [2.45, 2.75) is 32.0 Å². The van der Waals surface area contributed by atoms with Crippen molar-refractivity contribution in [3.05, 3.63) is 94.4 Å². The second-order valence-electron chi connectivity index (χ2n) is 7.70. The first kappa shape index (κ1) is 22.8. The molecule has 0 fully saturated rings. The lowest BCUT2D eigenvalue weighted by atomic mass is 10.1. The van der Waals surface area contributed by atoms with E-state index in [2.05, 4.69) is 14.8 Å². The van der Waals surface area contributed by atoms with Crippen molar-refractivity contribution >= 4 is 17.5 Å². The lowest BCUT2D eigenvalue weighted by Crippen LogP contribution is -2.07. The summed E-state index contributed by atoms with van der Waals surface area (Å²) < 4.78 is 26.1. The van der Waals surface area contributed by atoms with Crippen LogP contribution in [0.1, 0.15) is 38.8 Å². The van der Waals surface area contributed by atoms with E-state index >= 15 is 0 Å². The Balaban J connectivity index is 1.37. The van der Waals surface area contributed by atoms with E-state index in [0.717, 1.165) is 28.3 Å². The van der Waals surface area contributed by atoms with Crippen molar-refractivity contribution in [3.63, 3.8) is 0 Å². The Labute approximate surface area is 195 Å². The van der Waals surface area contributed by atoms with Gasteiger partial charge in [-0.25, -0.2) is 4.39 Å². The van der Waals surface area contributed by atoms with Gasteiger partial charge in [-0.3, -0.25) is 4.79 Å². The third-order valence-corrected chi connectivity index (χ3v) is 6.24. The van der Waals surface area contributed by atoms with Crippen LogP contribution in [0, 0.1) is 19.7 Å². The molecule has 2 aromatic carbocycles. The fourth-order valence-corrected chi connectivity index (χ4v) is 4.25. The minimum atomic E-state index is -0.263. The van der Waals surface area contributed by atoms with Gasteiger partial charge in [-0.15, -0.1) is 10.2 Å². The van der Waals surface area contributed by atoms with E-state index < -0.39 is 0 Å². The van der Waals surface area contributed by atoms with Gasteiger partial charge in [0, 0.05) is 23.5 Å².